The van der Waals surface area contributed by atoms with E-state index in [2.05, 4.69) is 47.9 Å². The maximum Gasteiger partial charge on any atom is 0.303 e. The van der Waals surface area contributed by atoms with Crippen LogP contribution < -0.4 is 59.3 Å². The molecule has 0 spiro atoms. The van der Waals surface area contributed by atoms with E-state index in [1.165, 1.54) is 0 Å². The lowest BCUT2D eigenvalue weighted by atomic mass is 10.0. The summed E-state index contributed by atoms with van der Waals surface area (Å²) in [5, 5.41) is 71.5. The number of rotatable bonds is 16. The molecule has 27 nitrogen and oxygen atoms in total. The number of unbranched alkanes of at least 4 members (excludes halogenated alkanes) is 1. The smallest absolute Gasteiger partial charge is 0.303 e. The molecule has 1 aliphatic heterocycles. The molecule has 0 aliphatic carbocycles. The predicted octanol–water partition coefficient (Wildman–Crippen LogP) is -6.59. The van der Waals surface area contributed by atoms with Crippen LogP contribution in [0.3, 0.4) is 0 Å². The molecule has 1 fully saturated rings. The van der Waals surface area contributed by atoms with Crippen molar-refractivity contribution in [1.82, 2.24) is 47.9 Å². The maximum absolute atomic E-state index is 13.9. The Bertz CT molecular complexity index is 1980. The molecule has 18 N–H and O–H groups in total. The molecule has 1 aromatic carbocycles. The number of amides is 10. The first-order valence-corrected chi connectivity index (χ1v) is 23.2. The number of carbonyl (C=O) groups excluding carboxylic acids is 10. The summed E-state index contributed by atoms with van der Waals surface area (Å²) in [7, 11) is 0. The number of nitrogens with two attached hydrogens (primary N) is 2. The first kappa shape index (κ1) is 60.3. The fourth-order valence-electron chi connectivity index (χ4n) is 6.97. The third-order valence-corrected chi connectivity index (χ3v) is 11.0. The van der Waals surface area contributed by atoms with Gasteiger partial charge >= 0.3 is 5.97 Å². The lowest BCUT2D eigenvalue weighted by molar-refractivity contribution is -0.139. The van der Waals surface area contributed by atoms with Gasteiger partial charge in [-0.25, -0.2) is 0 Å². The van der Waals surface area contributed by atoms with Crippen LogP contribution in [0.2, 0.25) is 0 Å². The molecular formula is C44H69N11O16. The lowest BCUT2D eigenvalue weighted by Crippen LogP contribution is -2.62. The molecule has 2 rings (SSSR count). The quantitative estimate of drug-likeness (QED) is 0.0685. The average Bonchev–Trinajstić information content (AvgIpc) is 3.33. The van der Waals surface area contributed by atoms with Crippen molar-refractivity contribution in [3.63, 3.8) is 0 Å². The van der Waals surface area contributed by atoms with Crippen molar-refractivity contribution in [2.24, 2.45) is 11.5 Å². The van der Waals surface area contributed by atoms with Crippen LogP contribution in [-0.2, 0) is 59.2 Å². The fraction of sp³-hybridized carbons (Fsp3) is 0.614. The van der Waals surface area contributed by atoms with Gasteiger partial charge in [0, 0.05) is 32.2 Å². The van der Waals surface area contributed by atoms with Crippen LogP contribution in [0.15, 0.2) is 30.3 Å². The number of aliphatic hydroxyl groups is 4. The van der Waals surface area contributed by atoms with Crippen LogP contribution in [0, 0.1) is 0 Å². The number of hydrogen-bond acceptors (Lipinski definition) is 16. The first-order valence-electron chi connectivity index (χ1n) is 23.2. The number of carboxylic acids is 1. The Hall–Kier alpha value is -6.81. The second-order valence-corrected chi connectivity index (χ2v) is 16.8. The molecule has 1 aromatic rings. The highest BCUT2D eigenvalue weighted by atomic mass is 16.4. The number of nitrogens with one attached hydrogen (secondary N) is 9. The van der Waals surface area contributed by atoms with Gasteiger partial charge in [0.1, 0.15) is 48.3 Å². The summed E-state index contributed by atoms with van der Waals surface area (Å²) in [6.45, 7) is -1.85. The van der Waals surface area contributed by atoms with Crippen molar-refractivity contribution in [3.05, 3.63) is 35.9 Å². The Kier molecular flexibility index (Phi) is 27.3. The zero-order valence-electron chi connectivity index (χ0n) is 39.5. The minimum absolute atomic E-state index is 0.0266. The second-order valence-electron chi connectivity index (χ2n) is 16.8. The van der Waals surface area contributed by atoms with Crippen LogP contribution in [0.5, 0.6) is 0 Å². The molecule has 0 radical (unpaired) electrons. The van der Waals surface area contributed by atoms with Crippen molar-refractivity contribution in [2.75, 3.05) is 32.9 Å². The summed E-state index contributed by atoms with van der Waals surface area (Å²) in [6.07, 6.45) is -2.67. The van der Waals surface area contributed by atoms with Crippen molar-refractivity contribution < 1.29 is 78.3 Å². The highest BCUT2D eigenvalue weighted by Gasteiger charge is 2.36. The summed E-state index contributed by atoms with van der Waals surface area (Å²) < 4.78 is 0. The van der Waals surface area contributed by atoms with Gasteiger partial charge in [0.2, 0.25) is 59.1 Å². The minimum atomic E-state index is -1.92. The summed E-state index contributed by atoms with van der Waals surface area (Å²) >= 11 is 0. The molecule has 0 bridgehead atoms. The Balaban J connectivity index is 2.58. The van der Waals surface area contributed by atoms with E-state index in [1.807, 2.05) is 0 Å². The summed E-state index contributed by atoms with van der Waals surface area (Å²) in [4.78, 5) is 145. The Morgan fingerprint density at radius 2 is 1.04 bits per heavy atom. The van der Waals surface area contributed by atoms with Crippen molar-refractivity contribution >= 4 is 65.0 Å². The Morgan fingerprint density at radius 1 is 0.577 bits per heavy atom. The number of benzene rings is 1. The third kappa shape index (κ3) is 22.2. The second kappa shape index (κ2) is 32.1. The molecule has 27 heteroatoms. The van der Waals surface area contributed by atoms with E-state index in [0.29, 0.717) is 24.8 Å². The van der Waals surface area contributed by atoms with E-state index in [4.69, 9.17) is 11.5 Å². The van der Waals surface area contributed by atoms with E-state index < -0.39 is 152 Å². The molecule has 0 aromatic heterocycles. The monoisotopic (exact) mass is 1010 g/mol. The van der Waals surface area contributed by atoms with E-state index in [0.717, 1.165) is 6.92 Å². The number of primary amides is 1. The Morgan fingerprint density at radius 3 is 1.58 bits per heavy atom. The SMILES string of the molecule is C[C@@H](O)[C@@H]1NC(=O)C(CCC(=O)O)NC(=O)C(CO)NC(=O)CCCCCNC(=O)C(CCC(N)=O)NC(=O)[C@H](Cc2ccccc2)NC(=O)C(CO)NC(=O)[C@H](CCCCN)NC(=O)C(CO)NC1=O. The topological polar surface area (TPSA) is 449 Å². The van der Waals surface area contributed by atoms with Crippen LogP contribution in [0.1, 0.15) is 83.1 Å². The van der Waals surface area contributed by atoms with Crippen molar-refractivity contribution in [2.45, 2.75) is 138 Å². The molecule has 10 amide bonds. The van der Waals surface area contributed by atoms with Gasteiger partial charge < -0.3 is 84.9 Å². The first-order chi connectivity index (χ1) is 33.7. The summed E-state index contributed by atoms with van der Waals surface area (Å²) in [6, 6.07) is -4.90. The molecule has 1 heterocycles. The predicted molar refractivity (Wildman–Crippen MR) is 248 cm³/mol. The average molecular weight is 1010 g/mol. The van der Waals surface area contributed by atoms with Crippen LogP contribution in [-0.4, -0.2) is 178 Å². The zero-order chi connectivity index (χ0) is 53.0. The Labute approximate surface area is 409 Å². The number of carbonyl (C=O) groups is 11. The fourth-order valence-corrected chi connectivity index (χ4v) is 6.97. The van der Waals surface area contributed by atoms with E-state index in [1.54, 1.807) is 30.3 Å². The molecule has 0 saturated carbocycles. The van der Waals surface area contributed by atoms with Gasteiger partial charge in [0.15, 0.2) is 0 Å². The number of hydrogen-bond donors (Lipinski definition) is 16. The van der Waals surface area contributed by atoms with Gasteiger partial charge in [-0.1, -0.05) is 36.8 Å². The molecule has 71 heavy (non-hydrogen) atoms. The van der Waals surface area contributed by atoms with E-state index in [9.17, 15) is 78.3 Å². The molecule has 1 aliphatic rings. The molecular weight excluding hydrogens is 939 g/mol. The van der Waals surface area contributed by atoms with Crippen LogP contribution in [0.25, 0.3) is 0 Å². The van der Waals surface area contributed by atoms with Gasteiger partial charge in [-0.15, -0.1) is 0 Å². The van der Waals surface area contributed by atoms with Crippen LogP contribution in [0.4, 0.5) is 0 Å². The largest absolute Gasteiger partial charge is 0.481 e. The van der Waals surface area contributed by atoms with Crippen molar-refractivity contribution in [3.8, 4) is 0 Å². The number of carboxylic acid groups (broad SMARTS) is 1. The zero-order valence-corrected chi connectivity index (χ0v) is 39.5. The highest BCUT2D eigenvalue weighted by molar-refractivity contribution is 5.98. The van der Waals surface area contributed by atoms with Crippen LogP contribution >= 0.6 is 0 Å². The van der Waals surface area contributed by atoms with Gasteiger partial charge in [-0.05, 0) is 64.0 Å². The van der Waals surface area contributed by atoms with Gasteiger partial charge in [-0.3, -0.25) is 52.7 Å². The third-order valence-electron chi connectivity index (χ3n) is 11.0. The minimum Gasteiger partial charge on any atom is -0.481 e. The normalized spacial score (nSPS) is 25.2. The molecule has 5 unspecified atom stereocenters. The molecule has 9 atom stereocenters. The summed E-state index contributed by atoms with van der Waals surface area (Å²) in [5.41, 5.74) is 11.5. The maximum atomic E-state index is 13.9. The van der Waals surface area contributed by atoms with Gasteiger partial charge in [0.25, 0.3) is 0 Å². The van der Waals surface area contributed by atoms with Crippen molar-refractivity contribution in [1.29, 1.82) is 0 Å². The summed E-state index contributed by atoms with van der Waals surface area (Å²) in [5.74, 6) is -11.4. The van der Waals surface area contributed by atoms with E-state index in [-0.39, 0.29) is 58.0 Å². The number of aliphatic carboxylic acids is 1. The number of aliphatic hydroxyl groups excluding tert-OH is 4. The molecule has 1 saturated heterocycles. The molecule has 396 valence electrons. The van der Waals surface area contributed by atoms with Gasteiger partial charge in [0.05, 0.1) is 25.9 Å². The lowest BCUT2D eigenvalue weighted by Gasteiger charge is -2.28. The van der Waals surface area contributed by atoms with Gasteiger partial charge in [-0.2, -0.15) is 0 Å². The van der Waals surface area contributed by atoms with E-state index >= 15 is 0 Å². The standard InChI is InChI=1S/C44H69N11O16/c1-24(59)36-44(71)54-32(23-58)42(69)49-26(12-7-8-18-45)38(65)53-31(22-57)43(70)52-29(20-25-10-4-2-5-11-25)40(67)50-27(14-16-33(46)60)37(64)47-19-9-3-6-13-34(61)48-30(21-56)41(68)51-28(39(66)55-36)15-17-35(62)63/h2,4-5,10-11,24,26-32,36,56-59H,3,6-9,12-23,45H2,1H3,(H2,46,60)(H,47,64)(H,48,61)(H,49,69)(H,50,67)(H,51,68)(H,52,70)(H,53,65)(H,54,71)(H,55,66)(H,62,63)/t24-,26+,27?,28?,29+,30?,31?,32?,36+/m1/s1. The highest BCUT2D eigenvalue weighted by Crippen LogP contribution is 2.09.